The minimum Gasteiger partial charge on any atom is -0.744 e. The van der Waals surface area contributed by atoms with Crippen LogP contribution in [-0.2, 0) is 33.3 Å². The molecule has 0 aliphatic heterocycles. The van der Waals surface area contributed by atoms with E-state index in [1.54, 1.807) is 12.1 Å². The van der Waals surface area contributed by atoms with Gasteiger partial charge in [-0.1, -0.05) is 103 Å². The molecule has 0 aromatic heterocycles. The molecule has 0 heterocycles. The van der Waals surface area contributed by atoms with E-state index >= 15 is 0 Å². The molecule has 0 unspecified atom stereocenters. The van der Waals surface area contributed by atoms with Crippen LogP contribution in [0.3, 0.4) is 0 Å². The molecule has 6 aromatic carbocycles. The van der Waals surface area contributed by atoms with Crippen LogP contribution in [0.5, 0.6) is 0 Å². The number of allylic oxidation sites excluding steroid dienone is 5. The van der Waals surface area contributed by atoms with Crippen LogP contribution in [0.4, 0.5) is 17.1 Å². The standard InChI is InChI=1S/C37H36N2O6S2.C15H17N3.Na/c1-3-38(26-28-10-8-14-35(24-28)46(40,41)42)33-20-16-31(17-21-33)37(30-12-6-5-7-13-30)32-18-22-34(23-19-32)39(4-2)27-29-11-9-15-36(25-29)47(43,44)45;1-11-7-3-5-9-13(11)17-15(16)18-14-10-6-4-8-12(14)2;/h5-25H,3-4,26-27H2,1-2H3,(H-,40,41,42,43,44,45);3-10H,1-2H3,(H3,16,17,18);/q;;+1/p-1. The second-order valence-corrected chi connectivity index (χ2v) is 18.0. The van der Waals surface area contributed by atoms with Gasteiger partial charge in [-0.05, 0) is 127 Å². The molecule has 0 radical (unpaired) electrons. The first kappa shape index (κ1) is 51.1. The normalized spacial score (nSPS) is 12.4. The van der Waals surface area contributed by atoms with E-state index in [9.17, 15) is 25.9 Å². The molecule has 0 saturated heterocycles. The molecule has 0 bridgehead atoms. The molecule has 6 aromatic rings. The van der Waals surface area contributed by atoms with E-state index in [-0.39, 0.29) is 39.3 Å². The van der Waals surface area contributed by atoms with Gasteiger partial charge in [-0.3, -0.25) is 0 Å². The van der Waals surface area contributed by atoms with Gasteiger partial charge in [0.15, 0.2) is 18.2 Å². The molecule has 334 valence electrons. The van der Waals surface area contributed by atoms with Crippen LogP contribution in [0.2, 0.25) is 0 Å². The van der Waals surface area contributed by atoms with E-state index in [0.717, 1.165) is 67.3 Å². The van der Waals surface area contributed by atoms with E-state index in [2.05, 4.69) is 56.2 Å². The fourth-order valence-corrected chi connectivity index (χ4v) is 8.37. The maximum Gasteiger partial charge on any atom is 1.00 e. The number of hydrogen-bond donors (Lipinski definition) is 2. The quantitative estimate of drug-likeness (QED) is 0.0432. The third-order valence-electron chi connectivity index (χ3n) is 10.8. The molecule has 1 aliphatic carbocycles. The van der Waals surface area contributed by atoms with Gasteiger partial charge in [0.25, 0.3) is 0 Å². The summed E-state index contributed by atoms with van der Waals surface area (Å²) in [6.45, 7) is 10.3. The average Bonchev–Trinajstić information content (AvgIpc) is 3.30. The summed E-state index contributed by atoms with van der Waals surface area (Å²) in [6, 6.07) is 46.5. The summed E-state index contributed by atoms with van der Waals surface area (Å²) in [6.07, 6.45) is 8.23. The van der Waals surface area contributed by atoms with Crippen LogP contribution >= 0.6 is 0 Å². The zero-order chi connectivity index (χ0) is 46.6. The Kier molecular flexibility index (Phi) is 18.2. The van der Waals surface area contributed by atoms with Crippen molar-refractivity contribution in [1.82, 2.24) is 0 Å². The maximum absolute atomic E-state index is 11.5. The Morgan fingerprint density at radius 1 is 0.652 bits per heavy atom. The summed E-state index contributed by atoms with van der Waals surface area (Å²) in [7, 11) is -9.07. The van der Waals surface area contributed by atoms with Crippen LogP contribution < -0.4 is 45.5 Å². The van der Waals surface area contributed by atoms with Crippen LogP contribution in [0, 0.1) is 13.8 Å². The van der Waals surface area contributed by atoms with Gasteiger partial charge < -0.3 is 25.1 Å². The van der Waals surface area contributed by atoms with Gasteiger partial charge in [-0.15, -0.1) is 0 Å². The summed E-state index contributed by atoms with van der Waals surface area (Å²) < 4.78 is 71.3. The average molecular weight is 930 g/mol. The van der Waals surface area contributed by atoms with Gasteiger partial charge in [0.1, 0.15) is 26.8 Å². The SMILES string of the molecule is CCN(Cc1cccc(S(=O)(=O)[O-])c1)c1ccc(C(=C2C=CC(=[N+](CC)Cc3cccc(S(=O)(=O)[O-])c3)C=C2)c2ccccc2)cc1.Cc1ccccc1N=C(N)Nc1ccccc1C.[Na+]. The summed E-state index contributed by atoms with van der Waals surface area (Å²) in [4.78, 5) is 6.02. The number of aliphatic imine (C=N–C) groups is 1. The zero-order valence-corrected chi connectivity index (χ0v) is 41.4. The molecule has 0 spiro atoms. The van der Waals surface area contributed by atoms with Crippen molar-refractivity contribution in [2.75, 3.05) is 23.3 Å². The molecule has 0 saturated carbocycles. The minimum atomic E-state index is -4.53. The summed E-state index contributed by atoms with van der Waals surface area (Å²) in [5.74, 6) is 0.401. The Morgan fingerprint density at radius 2 is 1.20 bits per heavy atom. The molecule has 7 rings (SSSR count). The van der Waals surface area contributed by atoms with Gasteiger partial charge in [-0.2, -0.15) is 0 Å². The number of anilines is 2. The third-order valence-corrected chi connectivity index (χ3v) is 12.4. The first-order chi connectivity index (χ1) is 31.1. The number of nitrogens with one attached hydrogen (secondary N) is 1. The van der Waals surface area contributed by atoms with Crippen molar-refractivity contribution < 1.29 is 60.1 Å². The minimum absolute atomic E-state index is 0. The topological polar surface area (TPSA) is 171 Å². The fraction of sp³-hybridized carbons (Fsp3) is 0.154. The predicted molar refractivity (Wildman–Crippen MR) is 259 cm³/mol. The molecule has 11 nitrogen and oxygen atoms in total. The maximum atomic E-state index is 11.5. The molecule has 66 heavy (non-hydrogen) atoms. The molecule has 14 heteroatoms. The fourth-order valence-electron chi connectivity index (χ4n) is 7.29. The van der Waals surface area contributed by atoms with Crippen molar-refractivity contribution in [2.45, 2.75) is 50.6 Å². The zero-order valence-electron chi connectivity index (χ0n) is 37.8. The predicted octanol–water partition coefficient (Wildman–Crippen LogP) is 6.49. The molecule has 3 N–H and O–H groups in total. The Labute approximate surface area is 411 Å². The Balaban J connectivity index is 0.000000359. The molecule has 0 fully saturated rings. The van der Waals surface area contributed by atoms with Gasteiger partial charge in [-0.25, -0.2) is 26.4 Å². The monoisotopic (exact) mass is 929 g/mol. The van der Waals surface area contributed by atoms with Crippen molar-refractivity contribution in [1.29, 1.82) is 0 Å². The van der Waals surface area contributed by atoms with Crippen LogP contribution in [0.15, 0.2) is 196 Å². The molecular weight excluding hydrogens is 878 g/mol. The van der Waals surface area contributed by atoms with E-state index in [0.29, 0.717) is 32.1 Å². The summed E-state index contributed by atoms with van der Waals surface area (Å²) in [5.41, 5.74) is 17.5. The number of hydrogen-bond acceptors (Lipinski definition) is 8. The number of nitrogens with two attached hydrogens (primary N) is 1. The Hall–Kier alpha value is -5.90. The Morgan fingerprint density at radius 3 is 1.77 bits per heavy atom. The van der Waals surface area contributed by atoms with Crippen molar-refractivity contribution >= 4 is 54.5 Å². The first-order valence-corrected chi connectivity index (χ1v) is 23.9. The van der Waals surface area contributed by atoms with Crippen molar-refractivity contribution in [3.8, 4) is 0 Å². The molecule has 0 atom stereocenters. The van der Waals surface area contributed by atoms with Crippen molar-refractivity contribution in [3.63, 3.8) is 0 Å². The number of benzene rings is 6. The van der Waals surface area contributed by atoms with E-state index in [1.807, 2.05) is 131 Å². The van der Waals surface area contributed by atoms with Crippen LogP contribution in [-0.4, -0.2) is 55.3 Å². The van der Waals surface area contributed by atoms with Crippen LogP contribution in [0.25, 0.3) is 5.57 Å². The van der Waals surface area contributed by atoms with E-state index < -0.39 is 20.2 Å². The van der Waals surface area contributed by atoms with Gasteiger partial charge >= 0.3 is 29.6 Å². The number of aryl methyl sites for hydroxylation is 2. The largest absolute Gasteiger partial charge is 1.00 e. The second kappa shape index (κ2) is 23.5. The van der Waals surface area contributed by atoms with Gasteiger partial charge in [0, 0.05) is 42.2 Å². The smallest absolute Gasteiger partial charge is 0.744 e. The molecule has 0 amide bonds. The Bertz CT molecular complexity index is 3000. The van der Waals surface area contributed by atoms with Gasteiger partial charge in [0.2, 0.25) is 0 Å². The summed E-state index contributed by atoms with van der Waals surface area (Å²) in [5, 5.41) is 3.11. The number of guanidine groups is 1. The van der Waals surface area contributed by atoms with Gasteiger partial charge in [0.05, 0.1) is 15.5 Å². The summed E-state index contributed by atoms with van der Waals surface area (Å²) >= 11 is 0. The third kappa shape index (κ3) is 14.1. The number of rotatable bonds is 13. The first-order valence-electron chi connectivity index (χ1n) is 21.1. The van der Waals surface area contributed by atoms with E-state index in [1.165, 1.54) is 24.3 Å². The molecular formula is C52H52N5NaO6S2. The second-order valence-electron chi connectivity index (χ2n) is 15.3. The van der Waals surface area contributed by atoms with Crippen molar-refractivity contribution in [2.24, 2.45) is 10.7 Å². The molecule has 1 aliphatic rings. The van der Waals surface area contributed by atoms with Crippen LogP contribution in [0.1, 0.15) is 47.2 Å². The van der Waals surface area contributed by atoms with Crippen molar-refractivity contribution in [3.05, 3.63) is 215 Å². The number of nitrogens with zero attached hydrogens (tertiary/aromatic N) is 3. The van der Waals surface area contributed by atoms with E-state index in [4.69, 9.17) is 5.73 Å². The number of para-hydroxylation sites is 2.